The van der Waals surface area contributed by atoms with Gasteiger partial charge in [0.1, 0.15) is 0 Å². The Hall–Kier alpha value is -3.39. The highest BCUT2D eigenvalue weighted by atomic mass is 35.5. The van der Waals surface area contributed by atoms with E-state index in [1.54, 1.807) is 17.0 Å². The van der Waals surface area contributed by atoms with Crippen LogP contribution >= 0.6 is 11.6 Å². The summed E-state index contributed by atoms with van der Waals surface area (Å²) in [6.07, 6.45) is 1.88. The first-order valence-electron chi connectivity index (χ1n) is 14.3. The van der Waals surface area contributed by atoms with Crippen LogP contribution in [0.1, 0.15) is 64.5 Å². The van der Waals surface area contributed by atoms with Crippen molar-refractivity contribution in [1.29, 1.82) is 0 Å². The molecule has 1 aliphatic rings. The molecule has 2 amide bonds. The lowest BCUT2D eigenvalue weighted by atomic mass is 9.82. The molecular weight excluding hydrogens is 540 g/mol. The fraction of sp³-hybridized carbons (Fsp3) is 0.500. The number of nitrogens with zero attached hydrogens (tertiary/aromatic N) is 2. The normalized spacial score (nSPS) is 18.4. The van der Waals surface area contributed by atoms with Crippen molar-refractivity contribution in [2.45, 2.75) is 71.4 Å². The predicted molar refractivity (Wildman–Crippen MR) is 163 cm³/mol. The number of benzene rings is 2. The highest BCUT2D eigenvalue weighted by Crippen LogP contribution is 2.39. The standard InChI is InChI=1S/C32H43ClN4O4/c1-21(2)20-32(25-13-7-6-8-14-25)29(39)37(30(34)36-32)16-10-12-24(22(3)4)19-28(38)27(35-31(40)41-5)18-23-11-9-15-26(33)17-23/h6-9,11,13-15,17,21-22,24,27H,10,12,16,18-20H2,1-5H3,(H2,34,36)(H,35,40)/t24-,27-,32+/m0/s1. The summed E-state index contributed by atoms with van der Waals surface area (Å²) in [6, 6.07) is 16.1. The van der Waals surface area contributed by atoms with Crippen LogP contribution in [0, 0.1) is 17.8 Å². The van der Waals surface area contributed by atoms with Gasteiger partial charge in [-0.3, -0.25) is 14.5 Å². The molecule has 2 aromatic carbocycles. The van der Waals surface area contributed by atoms with Crippen molar-refractivity contribution >= 4 is 35.3 Å². The average molecular weight is 583 g/mol. The van der Waals surface area contributed by atoms with Crippen molar-refractivity contribution in [3.8, 4) is 0 Å². The van der Waals surface area contributed by atoms with Gasteiger partial charge in [-0.1, -0.05) is 81.8 Å². The Morgan fingerprint density at radius 3 is 2.41 bits per heavy atom. The number of aliphatic imine (C=N–C) groups is 1. The third-order valence-corrected chi connectivity index (χ3v) is 7.93. The van der Waals surface area contributed by atoms with Gasteiger partial charge in [0.05, 0.1) is 13.2 Å². The zero-order valence-electron chi connectivity index (χ0n) is 24.7. The van der Waals surface area contributed by atoms with Crippen LogP contribution in [0.3, 0.4) is 0 Å². The Balaban J connectivity index is 1.68. The lowest BCUT2D eigenvalue weighted by Crippen LogP contribution is -2.44. The number of methoxy groups -OCH3 is 1. The maximum atomic E-state index is 13.8. The largest absolute Gasteiger partial charge is 0.453 e. The lowest BCUT2D eigenvalue weighted by Gasteiger charge is -2.28. The number of nitrogens with two attached hydrogens (primary N) is 1. The first kappa shape index (κ1) is 32.1. The second-order valence-corrected chi connectivity index (χ2v) is 12.0. The number of ketones is 1. The molecule has 3 N–H and O–H groups in total. The van der Waals surface area contributed by atoms with E-state index in [9.17, 15) is 14.4 Å². The molecule has 8 nitrogen and oxygen atoms in total. The summed E-state index contributed by atoms with van der Waals surface area (Å²) in [5.74, 6) is 0.567. The van der Waals surface area contributed by atoms with E-state index in [-0.39, 0.29) is 41.8 Å². The molecule has 41 heavy (non-hydrogen) atoms. The minimum Gasteiger partial charge on any atom is -0.453 e. The molecular formula is C32H43ClN4O4. The predicted octanol–water partition coefficient (Wildman–Crippen LogP) is 5.72. The summed E-state index contributed by atoms with van der Waals surface area (Å²) < 4.78 is 4.77. The van der Waals surface area contributed by atoms with Crippen LogP contribution in [-0.4, -0.2) is 48.3 Å². The van der Waals surface area contributed by atoms with E-state index in [1.165, 1.54) is 7.11 Å². The number of nitrogens with one attached hydrogen (secondary N) is 1. The average Bonchev–Trinajstić information content (AvgIpc) is 3.16. The highest BCUT2D eigenvalue weighted by molar-refractivity contribution is 6.30. The monoisotopic (exact) mass is 582 g/mol. The van der Waals surface area contributed by atoms with E-state index >= 15 is 0 Å². The third kappa shape index (κ3) is 8.32. The minimum absolute atomic E-state index is 0.0502. The van der Waals surface area contributed by atoms with E-state index in [4.69, 9.17) is 27.1 Å². The molecule has 3 atom stereocenters. The first-order chi connectivity index (χ1) is 19.5. The van der Waals surface area contributed by atoms with E-state index in [0.717, 1.165) is 11.1 Å². The summed E-state index contributed by atoms with van der Waals surface area (Å²) >= 11 is 6.13. The number of rotatable bonds is 14. The van der Waals surface area contributed by atoms with Crippen molar-refractivity contribution in [2.75, 3.05) is 13.7 Å². The molecule has 0 bridgehead atoms. The molecule has 2 aromatic rings. The zero-order chi connectivity index (χ0) is 30.2. The fourth-order valence-electron chi connectivity index (χ4n) is 5.52. The smallest absolute Gasteiger partial charge is 0.407 e. The van der Waals surface area contributed by atoms with Crippen LogP contribution in [0.2, 0.25) is 5.02 Å². The number of ether oxygens (including phenoxy) is 1. The van der Waals surface area contributed by atoms with Crippen molar-refractivity contribution in [3.63, 3.8) is 0 Å². The Bertz CT molecular complexity index is 1230. The van der Waals surface area contributed by atoms with Gasteiger partial charge in [-0.2, -0.15) is 0 Å². The topological polar surface area (TPSA) is 114 Å². The maximum Gasteiger partial charge on any atom is 0.407 e. The van der Waals surface area contributed by atoms with Crippen molar-refractivity contribution in [3.05, 3.63) is 70.7 Å². The Kier molecular flexibility index (Phi) is 11.4. The van der Waals surface area contributed by atoms with Gasteiger partial charge < -0.3 is 15.8 Å². The van der Waals surface area contributed by atoms with Crippen LogP contribution in [0.4, 0.5) is 4.79 Å². The first-order valence-corrected chi connectivity index (χ1v) is 14.7. The fourth-order valence-corrected chi connectivity index (χ4v) is 5.73. The van der Waals surface area contributed by atoms with E-state index in [1.807, 2.05) is 42.5 Å². The number of alkyl carbamates (subject to hydrolysis) is 1. The van der Waals surface area contributed by atoms with Crippen molar-refractivity contribution < 1.29 is 19.1 Å². The summed E-state index contributed by atoms with van der Waals surface area (Å²) in [7, 11) is 1.27. The quantitative estimate of drug-likeness (QED) is 0.296. The molecule has 0 saturated heterocycles. The maximum absolute atomic E-state index is 13.8. The Morgan fingerprint density at radius 2 is 1.80 bits per heavy atom. The second kappa shape index (κ2) is 14.5. The summed E-state index contributed by atoms with van der Waals surface area (Å²) in [6.45, 7) is 8.73. The van der Waals surface area contributed by atoms with Gasteiger partial charge >= 0.3 is 6.09 Å². The Labute approximate surface area is 248 Å². The molecule has 1 aliphatic heterocycles. The highest BCUT2D eigenvalue weighted by Gasteiger charge is 2.49. The van der Waals surface area contributed by atoms with Crippen LogP contribution in [0.25, 0.3) is 0 Å². The van der Waals surface area contributed by atoms with Gasteiger partial charge in [0.2, 0.25) is 0 Å². The van der Waals surface area contributed by atoms with Crippen LogP contribution in [0.5, 0.6) is 0 Å². The van der Waals surface area contributed by atoms with Crippen LogP contribution < -0.4 is 11.1 Å². The van der Waals surface area contributed by atoms with Gasteiger partial charge in [-0.15, -0.1) is 0 Å². The molecule has 0 fully saturated rings. The number of hydrogen-bond acceptors (Lipinski definition) is 6. The Morgan fingerprint density at radius 1 is 1.10 bits per heavy atom. The number of Topliss-reactive ketones (excluding diaryl/α,β-unsaturated/α-hetero) is 1. The molecule has 0 spiro atoms. The van der Waals surface area contributed by atoms with E-state index in [2.05, 4.69) is 33.0 Å². The van der Waals surface area contributed by atoms with Gasteiger partial charge in [0.25, 0.3) is 5.91 Å². The number of carbonyl (C=O) groups is 3. The summed E-state index contributed by atoms with van der Waals surface area (Å²) in [4.78, 5) is 45.6. The number of halogens is 1. The van der Waals surface area contributed by atoms with E-state index < -0.39 is 17.7 Å². The number of hydrogen-bond donors (Lipinski definition) is 2. The molecule has 0 aliphatic carbocycles. The molecule has 0 radical (unpaired) electrons. The van der Waals surface area contributed by atoms with Crippen LogP contribution in [0.15, 0.2) is 59.6 Å². The van der Waals surface area contributed by atoms with Crippen LogP contribution in [-0.2, 0) is 26.3 Å². The molecule has 9 heteroatoms. The van der Waals surface area contributed by atoms with Crippen molar-refractivity contribution in [1.82, 2.24) is 10.2 Å². The molecule has 3 rings (SSSR count). The zero-order valence-corrected chi connectivity index (χ0v) is 25.5. The summed E-state index contributed by atoms with van der Waals surface area (Å²) in [5, 5.41) is 3.26. The summed E-state index contributed by atoms with van der Waals surface area (Å²) in [5.41, 5.74) is 7.02. The minimum atomic E-state index is -1.01. The van der Waals surface area contributed by atoms with Gasteiger partial charge in [-0.25, -0.2) is 9.79 Å². The third-order valence-electron chi connectivity index (χ3n) is 7.69. The second-order valence-electron chi connectivity index (χ2n) is 11.6. The molecule has 222 valence electrons. The molecule has 0 unspecified atom stereocenters. The van der Waals surface area contributed by atoms with Crippen molar-refractivity contribution in [2.24, 2.45) is 28.5 Å². The molecule has 1 heterocycles. The van der Waals surface area contributed by atoms with Gasteiger partial charge in [-0.05, 0) is 66.7 Å². The van der Waals surface area contributed by atoms with Gasteiger partial charge in [0.15, 0.2) is 17.3 Å². The molecule has 0 saturated carbocycles. The van der Waals surface area contributed by atoms with E-state index in [0.29, 0.717) is 37.3 Å². The molecule has 0 aromatic heterocycles. The SMILES string of the molecule is COC(=O)N[C@@H](Cc1cccc(Cl)c1)C(=O)C[C@H](CCCN1C(=O)[C@@](CC(C)C)(c2ccccc2)N=C1N)C(C)C. The number of amides is 2. The number of carbonyl (C=O) groups excluding carboxylic acids is 3. The lowest BCUT2D eigenvalue weighted by molar-refractivity contribution is -0.132. The number of guanidine groups is 1. The van der Waals surface area contributed by atoms with Gasteiger partial charge in [0, 0.05) is 18.0 Å².